The summed E-state index contributed by atoms with van der Waals surface area (Å²) in [6.07, 6.45) is 0. The largest absolute Gasteiger partial charge is 0.378 e. The van der Waals surface area contributed by atoms with Gasteiger partial charge >= 0.3 is 0 Å². The minimum absolute atomic E-state index is 0.402. The van der Waals surface area contributed by atoms with E-state index in [-0.39, 0.29) is 0 Å². The minimum atomic E-state index is 0.402. The highest BCUT2D eigenvalue weighted by atomic mass is 79.9. The van der Waals surface area contributed by atoms with Crippen molar-refractivity contribution in [2.24, 2.45) is 0 Å². The van der Waals surface area contributed by atoms with E-state index < -0.39 is 0 Å². The standard InChI is InChI=1S/C14H14Br2ClN3O/c1-3-18-14-12(16)11(7-21-2)19-13(20-14)9-5-4-8(17)6-10(9)15/h4-6H,3,7H2,1-2H3,(H,18,19,20). The number of nitrogens with zero attached hydrogens (tertiary/aromatic N) is 2. The molecule has 2 aromatic rings. The molecule has 1 N–H and O–H groups in total. The van der Waals surface area contributed by atoms with Crippen LogP contribution in [0.2, 0.25) is 5.02 Å². The zero-order valence-electron chi connectivity index (χ0n) is 11.6. The summed E-state index contributed by atoms with van der Waals surface area (Å²) in [5, 5.41) is 3.88. The Bertz CT molecular complexity index is 625. The average Bonchev–Trinajstić information content (AvgIpc) is 2.43. The van der Waals surface area contributed by atoms with E-state index in [1.54, 1.807) is 7.11 Å². The Kier molecular flexibility index (Phi) is 5.98. The molecule has 0 unspecified atom stereocenters. The van der Waals surface area contributed by atoms with Crippen LogP contribution < -0.4 is 5.32 Å². The Balaban J connectivity index is 2.56. The van der Waals surface area contributed by atoms with Crippen molar-refractivity contribution in [1.29, 1.82) is 0 Å². The number of benzene rings is 1. The first-order chi connectivity index (χ1) is 10.1. The van der Waals surface area contributed by atoms with Crippen molar-refractivity contribution in [2.75, 3.05) is 19.0 Å². The molecule has 0 aliphatic heterocycles. The predicted molar refractivity (Wildman–Crippen MR) is 92.8 cm³/mol. The van der Waals surface area contributed by atoms with Crippen molar-refractivity contribution >= 4 is 49.3 Å². The van der Waals surface area contributed by atoms with E-state index in [2.05, 4.69) is 47.1 Å². The number of aromatic nitrogens is 2. The molecule has 21 heavy (non-hydrogen) atoms. The van der Waals surface area contributed by atoms with Gasteiger partial charge in [0.05, 0.1) is 16.8 Å². The topological polar surface area (TPSA) is 47.0 Å². The first-order valence-electron chi connectivity index (χ1n) is 6.31. The normalized spacial score (nSPS) is 10.7. The Hall–Kier alpha value is -0.690. The predicted octanol–water partition coefficient (Wildman–Crippen LogP) is 4.90. The Morgan fingerprint density at radius 1 is 1.29 bits per heavy atom. The second kappa shape index (κ2) is 7.54. The van der Waals surface area contributed by atoms with Crippen LogP contribution in [0, 0.1) is 0 Å². The smallest absolute Gasteiger partial charge is 0.163 e. The molecule has 0 atom stereocenters. The number of methoxy groups -OCH3 is 1. The molecule has 4 nitrogen and oxygen atoms in total. The maximum absolute atomic E-state index is 5.98. The van der Waals surface area contributed by atoms with Gasteiger partial charge < -0.3 is 10.1 Å². The summed E-state index contributed by atoms with van der Waals surface area (Å²) in [6.45, 7) is 3.19. The molecular weight excluding hydrogens is 421 g/mol. The Morgan fingerprint density at radius 3 is 2.67 bits per heavy atom. The number of rotatable bonds is 5. The molecule has 1 aromatic carbocycles. The maximum atomic E-state index is 5.98. The van der Waals surface area contributed by atoms with Gasteiger partial charge in [0.2, 0.25) is 0 Å². The molecule has 2 rings (SSSR count). The second-order valence-electron chi connectivity index (χ2n) is 4.24. The number of hydrogen-bond donors (Lipinski definition) is 1. The van der Waals surface area contributed by atoms with Crippen molar-refractivity contribution in [3.8, 4) is 11.4 Å². The van der Waals surface area contributed by atoms with Crippen molar-refractivity contribution < 1.29 is 4.74 Å². The summed E-state index contributed by atoms with van der Waals surface area (Å²) in [5.41, 5.74) is 1.67. The molecule has 0 amide bonds. The van der Waals surface area contributed by atoms with E-state index in [0.29, 0.717) is 17.5 Å². The third-order valence-corrected chi connectivity index (χ3v) is 4.44. The van der Waals surface area contributed by atoms with E-state index in [9.17, 15) is 0 Å². The van der Waals surface area contributed by atoms with Gasteiger partial charge in [0.1, 0.15) is 5.82 Å². The molecule has 0 fully saturated rings. The fourth-order valence-electron chi connectivity index (χ4n) is 1.80. The van der Waals surface area contributed by atoms with Crippen LogP contribution in [0.15, 0.2) is 27.1 Å². The van der Waals surface area contributed by atoms with Crippen LogP contribution in [0.1, 0.15) is 12.6 Å². The SMILES string of the molecule is CCNc1nc(-c2ccc(Cl)cc2Br)nc(COC)c1Br. The zero-order valence-corrected chi connectivity index (χ0v) is 15.5. The number of hydrogen-bond acceptors (Lipinski definition) is 4. The van der Waals surface area contributed by atoms with Gasteiger partial charge in [-0.2, -0.15) is 0 Å². The third-order valence-electron chi connectivity index (χ3n) is 2.72. The zero-order chi connectivity index (χ0) is 15.4. The molecule has 0 aliphatic carbocycles. The molecular formula is C14H14Br2ClN3O. The van der Waals surface area contributed by atoms with Crippen molar-refractivity contribution in [2.45, 2.75) is 13.5 Å². The van der Waals surface area contributed by atoms with E-state index in [1.807, 2.05) is 25.1 Å². The highest BCUT2D eigenvalue weighted by molar-refractivity contribution is 9.11. The highest BCUT2D eigenvalue weighted by Crippen LogP contribution is 2.32. The lowest BCUT2D eigenvalue weighted by atomic mass is 10.2. The number of ether oxygens (including phenoxy) is 1. The van der Waals surface area contributed by atoms with Gasteiger partial charge in [0, 0.05) is 28.7 Å². The highest BCUT2D eigenvalue weighted by Gasteiger charge is 2.15. The van der Waals surface area contributed by atoms with E-state index in [4.69, 9.17) is 16.3 Å². The van der Waals surface area contributed by atoms with E-state index in [1.165, 1.54) is 0 Å². The van der Waals surface area contributed by atoms with Crippen LogP contribution in [0.4, 0.5) is 5.82 Å². The molecule has 0 spiro atoms. The van der Waals surface area contributed by atoms with Gasteiger partial charge in [-0.15, -0.1) is 0 Å². The maximum Gasteiger partial charge on any atom is 0.163 e. The van der Waals surface area contributed by atoms with Crippen LogP contribution in [0.3, 0.4) is 0 Å². The lowest BCUT2D eigenvalue weighted by Gasteiger charge is -2.12. The molecule has 1 heterocycles. The van der Waals surface area contributed by atoms with Gasteiger partial charge in [-0.05, 0) is 57.0 Å². The molecule has 112 valence electrons. The van der Waals surface area contributed by atoms with Gasteiger partial charge in [-0.1, -0.05) is 11.6 Å². The first-order valence-corrected chi connectivity index (χ1v) is 8.27. The fourth-order valence-corrected chi connectivity index (χ4v) is 3.09. The van der Waals surface area contributed by atoms with Crippen LogP contribution in [0.25, 0.3) is 11.4 Å². The molecule has 0 bridgehead atoms. The van der Waals surface area contributed by atoms with Crippen LogP contribution in [-0.2, 0) is 11.3 Å². The van der Waals surface area contributed by atoms with E-state index >= 15 is 0 Å². The van der Waals surface area contributed by atoms with Crippen LogP contribution >= 0.6 is 43.5 Å². The Morgan fingerprint density at radius 2 is 2.05 bits per heavy atom. The third kappa shape index (κ3) is 3.94. The van der Waals surface area contributed by atoms with E-state index in [0.717, 1.165) is 32.6 Å². The summed E-state index contributed by atoms with van der Waals surface area (Å²) in [5.74, 6) is 1.36. The lowest BCUT2D eigenvalue weighted by molar-refractivity contribution is 0.181. The van der Waals surface area contributed by atoms with Crippen LogP contribution in [-0.4, -0.2) is 23.6 Å². The monoisotopic (exact) mass is 433 g/mol. The minimum Gasteiger partial charge on any atom is -0.378 e. The summed E-state index contributed by atoms with van der Waals surface area (Å²) in [7, 11) is 1.64. The summed E-state index contributed by atoms with van der Waals surface area (Å²) in [6, 6.07) is 5.53. The van der Waals surface area contributed by atoms with Gasteiger partial charge in [-0.3, -0.25) is 0 Å². The van der Waals surface area contributed by atoms with Crippen molar-refractivity contribution in [3.63, 3.8) is 0 Å². The number of anilines is 1. The molecule has 0 saturated carbocycles. The fraction of sp³-hybridized carbons (Fsp3) is 0.286. The molecule has 7 heteroatoms. The quantitative estimate of drug-likeness (QED) is 0.726. The summed E-state index contributed by atoms with van der Waals surface area (Å²) < 4.78 is 6.87. The summed E-state index contributed by atoms with van der Waals surface area (Å²) in [4.78, 5) is 9.14. The van der Waals surface area contributed by atoms with Gasteiger partial charge in [0.25, 0.3) is 0 Å². The number of halogens is 3. The first kappa shape index (κ1) is 16.7. The second-order valence-corrected chi connectivity index (χ2v) is 6.33. The van der Waals surface area contributed by atoms with Gasteiger partial charge in [-0.25, -0.2) is 9.97 Å². The average molecular weight is 436 g/mol. The van der Waals surface area contributed by atoms with Crippen molar-refractivity contribution in [1.82, 2.24) is 9.97 Å². The number of nitrogens with one attached hydrogen (secondary N) is 1. The van der Waals surface area contributed by atoms with Crippen molar-refractivity contribution in [3.05, 3.63) is 37.9 Å². The lowest BCUT2D eigenvalue weighted by Crippen LogP contribution is -2.07. The molecule has 0 radical (unpaired) electrons. The molecule has 0 aliphatic rings. The van der Waals surface area contributed by atoms with Crippen LogP contribution in [0.5, 0.6) is 0 Å². The summed E-state index contributed by atoms with van der Waals surface area (Å²) >= 11 is 13.0. The Labute approximate surface area is 145 Å². The molecule has 0 saturated heterocycles. The van der Waals surface area contributed by atoms with Gasteiger partial charge in [0.15, 0.2) is 5.82 Å². The molecule has 1 aromatic heterocycles.